The SMILES string of the molecule is COC(=O)c1c(S(=O)(=O)Nc2ccccc2)sc2c1CCN(C(=O)Cc1ccc(F)cc1)C2. The lowest BCUT2D eigenvalue weighted by Crippen LogP contribution is -2.36. The molecule has 0 fully saturated rings. The first-order valence-corrected chi connectivity index (χ1v) is 12.4. The van der Waals surface area contributed by atoms with Crippen LogP contribution >= 0.6 is 11.3 Å². The summed E-state index contributed by atoms with van der Waals surface area (Å²) in [5.74, 6) is -1.26. The number of hydrogen-bond acceptors (Lipinski definition) is 6. The number of halogens is 1. The van der Waals surface area contributed by atoms with Crippen molar-refractivity contribution in [2.75, 3.05) is 18.4 Å². The van der Waals surface area contributed by atoms with Gasteiger partial charge in [-0.3, -0.25) is 9.52 Å². The first-order valence-electron chi connectivity index (χ1n) is 10.1. The summed E-state index contributed by atoms with van der Waals surface area (Å²) >= 11 is 0.966. The molecule has 0 saturated carbocycles. The third-order valence-corrected chi connectivity index (χ3v) is 8.42. The largest absolute Gasteiger partial charge is 0.465 e. The number of esters is 1. The van der Waals surface area contributed by atoms with E-state index in [4.69, 9.17) is 4.74 Å². The normalized spacial score (nSPS) is 13.3. The molecule has 0 aliphatic carbocycles. The molecule has 33 heavy (non-hydrogen) atoms. The molecule has 1 aliphatic heterocycles. The van der Waals surface area contributed by atoms with Crippen LogP contribution in [0, 0.1) is 5.82 Å². The van der Waals surface area contributed by atoms with Gasteiger partial charge in [-0.25, -0.2) is 17.6 Å². The number of thiophene rings is 1. The summed E-state index contributed by atoms with van der Waals surface area (Å²) in [5.41, 5.74) is 1.66. The van der Waals surface area contributed by atoms with Crippen molar-refractivity contribution in [3.63, 3.8) is 0 Å². The Morgan fingerprint density at radius 2 is 1.82 bits per heavy atom. The van der Waals surface area contributed by atoms with Crippen molar-refractivity contribution in [1.82, 2.24) is 4.90 Å². The lowest BCUT2D eigenvalue weighted by molar-refractivity contribution is -0.131. The minimum absolute atomic E-state index is 0.0200. The van der Waals surface area contributed by atoms with Crippen molar-refractivity contribution in [3.05, 3.63) is 82.0 Å². The number of carbonyl (C=O) groups excluding carboxylic acids is 2. The van der Waals surface area contributed by atoms with Gasteiger partial charge >= 0.3 is 5.97 Å². The molecule has 0 atom stereocenters. The van der Waals surface area contributed by atoms with E-state index in [1.165, 1.54) is 19.2 Å². The van der Waals surface area contributed by atoms with Crippen molar-refractivity contribution in [3.8, 4) is 0 Å². The second kappa shape index (κ2) is 9.32. The number of nitrogens with one attached hydrogen (secondary N) is 1. The van der Waals surface area contributed by atoms with Gasteiger partial charge in [-0.1, -0.05) is 30.3 Å². The van der Waals surface area contributed by atoms with Crippen LogP contribution in [0.25, 0.3) is 0 Å². The fraction of sp³-hybridized carbons (Fsp3) is 0.217. The predicted octanol–water partition coefficient (Wildman–Crippen LogP) is 3.60. The summed E-state index contributed by atoms with van der Waals surface area (Å²) in [6, 6.07) is 14.1. The van der Waals surface area contributed by atoms with E-state index >= 15 is 0 Å². The van der Waals surface area contributed by atoms with Crippen LogP contribution in [-0.4, -0.2) is 38.8 Å². The number of amides is 1. The van der Waals surface area contributed by atoms with Crippen molar-refractivity contribution in [1.29, 1.82) is 0 Å². The van der Waals surface area contributed by atoms with Gasteiger partial charge in [0, 0.05) is 17.1 Å². The molecule has 0 unspecified atom stereocenters. The number of benzene rings is 2. The van der Waals surface area contributed by atoms with Crippen LogP contribution in [-0.2, 0) is 38.9 Å². The summed E-state index contributed by atoms with van der Waals surface area (Å²) in [6.45, 7) is 0.518. The van der Waals surface area contributed by atoms with Crippen LogP contribution in [0.2, 0.25) is 0 Å². The molecule has 7 nitrogen and oxygen atoms in total. The zero-order chi connectivity index (χ0) is 23.6. The zero-order valence-corrected chi connectivity index (χ0v) is 19.3. The summed E-state index contributed by atoms with van der Waals surface area (Å²) < 4.78 is 46.6. The Morgan fingerprint density at radius 3 is 2.48 bits per heavy atom. The number of ether oxygens (including phenoxy) is 1. The molecule has 2 heterocycles. The van der Waals surface area contributed by atoms with Crippen LogP contribution in [0.1, 0.15) is 26.4 Å². The van der Waals surface area contributed by atoms with Crippen LogP contribution in [0.4, 0.5) is 10.1 Å². The maximum absolute atomic E-state index is 13.1. The van der Waals surface area contributed by atoms with E-state index in [-0.39, 0.29) is 34.5 Å². The number of methoxy groups -OCH3 is 1. The summed E-state index contributed by atoms with van der Waals surface area (Å²) in [6.07, 6.45) is 0.428. The van der Waals surface area contributed by atoms with E-state index in [1.807, 2.05) is 0 Å². The molecule has 2 aromatic carbocycles. The first-order chi connectivity index (χ1) is 15.8. The fourth-order valence-electron chi connectivity index (χ4n) is 3.69. The van der Waals surface area contributed by atoms with Gasteiger partial charge in [-0.15, -0.1) is 11.3 Å². The summed E-state index contributed by atoms with van der Waals surface area (Å²) in [4.78, 5) is 27.6. The molecular weight excluding hydrogens is 467 g/mol. The van der Waals surface area contributed by atoms with Crippen LogP contribution in [0.15, 0.2) is 58.8 Å². The quantitative estimate of drug-likeness (QED) is 0.535. The third-order valence-electron chi connectivity index (χ3n) is 5.31. The number of nitrogens with zero attached hydrogens (tertiary/aromatic N) is 1. The standard InChI is InChI=1S/C23H21FN2O5S2/c1-31-22(28)21-18-11-12-26(20(27)13-15-7-9-16(24)10-8-15)14-19(18)32-23(21)33(29,30)25-17-5-3-2-4-6-17/h2-10,25H,11-14H2,1H3. The maximum atomic E-state index is 13.1. The Kier molecular flexibility index (Phi) is 6.48. The molecule has 0 spiro atoms. The molecule has 0 radical (unpaired) electrons. The fourth-order valence-corrected chi connectivity index (χ4v) is 6.65. The van der Waals surface area contributed by atoms with Crippen LogP contribution < -0.4 is 4.72 Å². The molecule has 1 aliphatic rings. The van der Waals surface area contributed by atoms with Gasteiger partial charge < -0.3 is 9.64 Å². The highest BCUT2D eigenvalue weighted by Crippen LogP contribution is 2.37. The number of sulfonamides is 1. The van der Waals surface area contributed by atoms with E-state index in [2.05, 4.69) is 4.72 Å². The maximum Gasteiger partial charge on any atom is 0.340 e. The van der Waals surface area contributed by atoms with Crippen LogP contribution in [0.5, 0.6) is 0 Å². The van der Waals surface area contributed by atoms with E-state index in [1.54, 1.807) is 47.4 Å². The molecule has 10 heteroatoms. The number of hydrogen-bond donors (Lipinski definition) is 1. The second-order valence-corrected chi connectivity index (χ2v) is 10.5. The van der Waals surface area contributed by atoms with Crippen molar-refractivity contribution < 1.29 is 27.1 Å². The molecule has 0 saturated heterocycles. The Bertz CT molecular complexity index is 1290. The van der Waals surface area contributed by atoms with Gasteiger partial charge in [-0.2, -0.15) is 0 Å². The number of rotatable bonds is 6. The Morgan fingerprint density at radius 1 is 1.12 bits per heavy atom. The third kappa shape index (κ3) is 4.91. The van der Waals surface area contributed by atoms with E-state index in [0.29, 0.717) is 34.7 Å². The first kappa shape index (κ1) is 22.9. The van der Waals surface area contributed by atoms with E-state index in [9.17, 15) is 22.4 Å². The number of para-hydroxylation sites is 1. The second-order valence-electron chi connectivity index (χ2n) is 7.50. The van der Waals surface area contributed by atoms with Gasteiger partial charge in [0.05, 0.1) is 25.6 Å². The minimum atomic E-state index is -4.05. The van der Waals surface area contributed by atoms with Crippen molar-refractivity contribution >= 4 is 38.9 Å². The van der Waals surface area contributed by atoms with Gasteiger partial charge in [-0.05, 0) is 41.8 Å². The molecular formula is C23H21FN2O5S2. The van der Waals surface area contributed by atoms with E-state index in [0.717, 1.165) is 11.3 Å². The molecule has 0 bridgehead atoms. The van der Waals surface area contributed by atoms with Crippen LogP contribution in [0.3, 0.4) is 0 Å². The number of anilines is 1. The highest BCUT2D eigenvalue weighted by molar-refractivity contribution is 7.94. The Labute approximate surface area is 194 Å². The van der Waals surface area contributed by atoms with Crippen molar-refractivity contribution in [2.45, 2.75) is 23.6 Å². The Hall–Kier alpha value is -3.24. The van der Waals surface area contributed by atoms with Gasteiger partial charge in [0.25, 0.3) is 10.0 Å². The highest BCUT2D eigenvalue weighted by Gasteiger charge is 2.35. The monoisotopic (exact) mass is 488 g/mol. The van der Waals surface area contributed by atoms with Gasteiger partial charge in [0.1, 0.15) is 5.82 Å². The molecule has 1 N–H and O–H groups in total. The summed E-state index contributed by atoms with van der Waals surface area (Å²) in [5, 5.41) is 0. The van der Waals surface area contributed by atoms with Gasteiger partial charge in [0.2, 0.25) is 5.91 Å². The average Bonchev–Trinajstić information content (AvgIpc) is 3.20. The van der Waals surface area contributed by atoms with E-state index < -0.39 is 16.0 Å². The average molecular weight is 489 g/mol. The molecule has 1 aromatic heterocycles. The highest BCUT2D eigenvalue weighted by atomic mass is 32.2. The number of fused-ring (bicyclic) bond motifs is 1. The molecule has 3 aromatic rings. The zero-order valence-electron chi connectivity index (χ0n) is 17.7. The lowest BCUT2D eigenvalue weighted by Gasteiger charge is -2.27. The predicted molar refractivity (Wildman–Crippen MR) is 122 cm³/mol. The molecule has 172 valence electrons. The Balaban J connectivity index is 1.62. The lowest BCUT2D eigenvalue weighted by atomic mass is 10.0. The molecule has 1 amide bonds. The molecule has 4 rings (SSSR count). The van der Waals surface area contributed by atoms with Gasteiger partial charge in [0.15, 0.2) is 4.21 Å². The topological polar surface area (TPSA) is 92.8 Å². The minimum Gasteiger partial charge on any atom is -0.465 e. The van der Waals surface area contributed by atoms with Crippen molar-refractivity contribution in [2.24, 2.45) is 0 Å². The summed E-state index contributed by atoms with van der Waals surface area (Å²) in [7, 11) is -2.85. The number of carbonyl (C=O) groups is 2. The smallest absolute Gasteiger partial charge is 0.340 e.